The van der Waals surface area contributed by atoms with E-state index in [0.717, 1.165) is 62.3 Å². The van der Waals surface area contributed by atoms with Crippen molar-refractivity contribution in [1.82, 2.24) is 19.9 Å². The molecule has 0 amide bonds. The van der Waals surface area contributed by atoms with Crippen LogP contribution in [-0.2, 0) is 5.41 Å². The maximum atomic E-state index is 4.84. The summed E-state index contributed by atoms with van der Waals surface area (Å²) >= 11 is 0. The monoisotopic (exact) mass is 377 g/mol. The molecule has 2 aliphatic heterocycles. The van der Waals surface area contributed by atoms with Crippen molar-refractivity contribution in [2.75, 3.05) is 25.0 Å². The normalized spacial score (nSPS) is 26.2. The lowest BCUT2D eigenvalue weighted by Crippen LogP contribution is -2.41. The van der Waals surface area contributed by atoms with Gasteiger partial charge in [-0.05, 0) is 55.6 Å². The lowest BCUT2D eigenvalue weighted by Gasteiger charge is -2.33. The van der Waals surface area contributed by atoms with E-state index in [1.807, 2.05) is 0 Å². The molecule has 5 nitrogen and oxygen atoms in total. The van der Waals surface area contributed by atoms with E-state index in [0.29, 0.717) is 6.04 Å². The Labute approximate surface area is 168 Å². The number of rotatable bonds is 5. The van der Waals surface area contributed by atoms with Gasteiger partial charge in [-0.3, -0.25) is 0 Å². The SMILES string of the molecule is CC(C)CN1CCC(Nc2nc3nc(n2)C2(CC2)CC3=CC=C2C=CC2)CC1. The Bertz CT molecular complexity index is 839. The fraction of sp³-hybridized carbons (Fsp3) is 0.609. The van der Waals surface area contributed by atoms with Gasteiger partial charge in [0.2, 0.25) is 5.95 Å². The highest BCUT2D eigenvalue weighted by molar-refractivity contribution is 5.67. The zero-order valence-electron chi connectivity index (χ0n) is 17.1. The molecule has 1 saturated heterocycles. The minimum atomic E-state index is 0.187. The third-order valence-electron chi connectivity index (χ3n) is 6.51. The molecule has 5 heteroatoms. The molecule has 1 saturated carbocycles. The van der Waals surface area contributed by atoms with Gasteiger partial charge in [-0.25, -0.2) is 4.98 Å². The van der Waals surface area contributed by atoms with E-state index >= 15 is 0 Å². The van der Waals surface area contributed by atoms with Gasteiger partial charge in [0.1, 0.15) is 5.82 Å². The fourth-order valence-electron chi connectivity index (χ4n) is 4.57. The summed E-state index contributed by atoms with van der Waals surface area (Å²) in [5, 5.41) is 3.63. The van der Waals surface area contributed by atoms with Crippen molar-refractivity contribution in [3.63, 3.8) is 0 Å². The van der Waals surface area contributed by atoms with E-state index in [9.17, 15) is 0 Å². The van der Waals surface area contributed by atoms with Gasteiger partial charge in [0.25, 0.3) is 0 Å². The zero-order chi connectivity index (χ0) is 19.1. The van der Waals surface area contributed by atoms with Gasteiger partial charge >= 0.3 is 0 Å². The van der Waals surface area contributed by atoms with E-state index in [-0.39, 0.29) is 5.41 Å². The second-order valence-corrected chi connectivity index (χ2v) is 9.42. The average Bonchev–Trinajstić information content (AvgIpc) is 3.40. The molecule has 1 spiro atoms. The van der Waals surface area contributed by atoms with Crippen molar-refractivity contribution < 1.29 is 0 Å². The summed E-state index contributed by atoms with van der Waals surface area (Å²) in [6, 6.07) is 0.468. The Morgan fingerprint density at radius 3 is 2.61 bits per heavy atom. The summed E-state index contributed by atoms with van der Waals surface area (Å²) in [5.41, 5.74) is 2.85. The smallest absolute Gasteiger partial charge is 0.226 e. The maximum Gasteiger partial charge on any atom is 0.226 e. The summed E-state index contributed by atoms with van der Waals surface area (Å²) < 4.78 is 0. The average molecular weight is 378 g/mol. The van der Waals surface area contributed by atoms with Crippen LogP contribution in [0, 0.1) is 5.92 Å². The molecule has 1 aromatic heterocycles. The summed E-state index contributed by atoms with van der Waals surface area (Å²) in [4.78, 5) is 17.0. The highest BCUT2D eigenvalue weighted by atomic mass is 15.2. The van der Waals surface area contributed by atoms with Gasteiger partial charge in [-0.15, -0.1) is 0 Å². The third-order valence-corrected chi connectivity index (χ3v) is 6.51. The summed E-state index contributed by atoms with van der Waals surface area (Å²) in [5.74, 6) is 3.42. The standard InChI is InChI=1S/C23H31N5/c1-16(2)15-28-12-8-19(9-13-28)24-22-26-20-18(7-6-17-4-3-5-17)14-23(10-11-23)21(25-20)27-22/h3-4,6-7,16,19H,5,8-15H2,1-2H3,(H,24,25,26,27). The molecule has 0 atom stereocenters. The summed E-state index contributed by atoms with van der Waals surface area (Å²) in [6.07, 6.45) is 15.7. The van der Waals surface area contributed by atoms with Crippen LogP contribution in [0.25, 0.3) is 5.57 Å². The van der Waals surface area contributed by atoms with Crippen LogP contribution >= 0.6 is 0 Å². The van der Waals surface area contributed by atoms with Gasteiger partial charge in [-0.2, -0.15) is 9.97 Å². The number of hydrogen-bond acceptors (Lipinski definition) is 5. The zero-order valence-corrected chi connectivity index (χ0v) is 17.1. The first-order chi connectivity index (χ1) is 13.6. The van der Waals surface area contributed by atoms with Crippen LogP contribution in [0.2, 0.25) is 0 Å². The number of allylic oxidation sites excluding steroid dienone is 6. The van der Waals surface area contributed by atoms with Crippen LogP contribution in [0.5, 0.6) is 0 Å². The number of hydrogen-bond donors (Lipinski definition) is 1. The number of aromatic nitrogens is 3. The molecule has 3 heterocycles. The highest BCUT2D eigenvalue weighted by Crippen LogP contribution is 2.54. The van der Waals surface area contributed by atoms with E-state index in [4.69, 9.17) is 15.0 Å². The first-order valence-electron chi connectivity index (χ1n) is 10.9. The molecule has 1 aromatic rings. The number of likely N-dealkylation sites (tertiary alicyclic amines) is 1. The number of nitrogens with one attached hydrogen (secondary N) is 1. The lowest BCUT2D eigenvalue weighted by atomic mass is 9.91. The molecule has 0 unspecified atom stereocenters. The van der Waals surface area contributed by atoms with Crippen LogP contribution in [0.4, 0.5) is 5.95 Å². The Kier molecular flexibility index (Phi) is 4.58. The predicted molar refractivity (Wildman–Crippen MR) is 113 cm³/mol. The molecule has 2 fully saturated rings. The lowest BCUT2D eigenvalue weighted by molar-refractivity contribution is 0.197. The molecular weight excluding hydrogens is 346 g/mol. The van der Waals surface area contributed by atoms with Crippen molar-refractivity contribution in [3.05, 3.63) is 41.5 Å². The molecule has 5 rings (SSSR count). The van der Waals surface area contributed by atoms with Crippen LogP contribution in [0.3, 0.4) is 0 Å². The predicted octanol–water partition coefficient (Wildman–Crippen LogP) is 4.11. The Hall–Kier alpha value is -2.01. The molecule has 0 radical (unpaired) electrons. The molecule has 1 N–H and O–H groups in total. The summed E-state index contributed by atoms with van der Waals surface area (Å²) in [6.45, 7) is 8.13. The van der Waals surface area contributed by atoms with Crippen molar-refractivity contribution in [2.45, 2.75) is 63.8 Å². The number of fused-ring (bicyclic) bond motifs is 3. The van der Waals surface area contributed by atoms with Crippen molar-refractivity contribution in [1.29, 1.82) is 0 Å². The van der Waals surface area contributed by atoms with Crippen LogP contribution in [-0.4, -0.2) is 45.5 Å². The Morgan fingerprint density at radius 2 is 1.96 bits per heavy atom. The number of piperidine rings is 1. The van der Waals surface area contributed by atoms with Crippen LogP contribution in [0.15, 0.2) is 29.9 Å². The van der Waals surface area contributed by atoms with Gasteiger partial charge in [0, 0.05) is 31.1 Å². The fourth-order valence-corrected chi connectivity index (χ4v) is 4.57. The Balaban J connectivity index is 1.31. The number of anilines is 1. The topological polar surface area (TPSA) is 53.9 Å². The molecule has 28 heavy (non-hydrogen) atoms. The minimum Gasteiger partial charge on any atom is -0.351 e. The third kappa shape index (κ3) is 3.64. The van der Waals surface area contributed by atoms with Crippen LogP contribution < -0.4 is 5.32 Å². The molecule has 148 valence electrons. The van der Waals surface area contributed by atoms with E-state index in [1.165, 1.54) is 30.5 Å². The second-order valence-electron chi connectivity index (χ2n) is 9.42. The quantitative estimate of drug-likeness (QED) is 0.837. The summed E-state index contributed by atoms with van der Waals surface area (Å²) in [7, 11) is 0. The highest BCUT2D eigenvalue weighted by Gasteiger charge is 2.50. The first kappa shape index (κ1) is 18.0. The van der Waals surface area contributed by atoms with E-state index in [1.54, 1.807) is 0 Å². The van der Waals surface area contributed by atoms with E-state index < -0.39 is 0 Å². The van der Waals surface area contributed by atoms with Crippen LogP contribution in [0.1, 0.15) is 64.0 Å². The van der Waals surface area contributed by atoms with Gasteiger partial charge in [-0.1, -0.05) is 38.2 Å². The minimum absolute atomic E-state index is 0.187. The molecular formula is C23H31N5. The van der Waals surface area contributed by atoms with Gasteiger partial charge in [0.05, 0.1) is 0 Å². The Morgan fingerprint density at radius 1 is 1.18 bits per heavy atom. The molecule has 4 aliphatic rings. The second kappa shape index (κ2) is 7.11. The van der Waals surface area contributed by atoms with Gasteiger partial charge in [0.15, 0.2) is 5.82 Å². The number of nitrogens with zero attached hydrogens (tertiary/aromatic N) is 4. The van der Waals surface area contributed by atoms with Crippen molar-refractivity contribution >= 4 is 11.5 Å². The van der Waals surface area contributed by atoms with E-state index in [2.05, 4.69) is 48.4 Å². The molecule has 0 aromatic carbocycles. The first-order valence-corrected chi connectivity index (χ1v) is 10.9. The largest absolute Gasteiger partial charge is 0.351 e. The van der Waals surface area contributed by atoms with Gasteiger partial charge < -0.3 is 10.2 Å². The molecule has 2 aliphatic carbocycles. The van der Waals surface area contributed by atoms with Crippen molar-refractivity contribution in [3.8, 4) is 0 Å². The van der Waals surface area contributed by atoms with Crippen molar-refractivity contribution in [2.24, 2.45) is 5.92 Å². The molecule has 2 bridgehead atoms. The maximum absolute atomic E-state index is 4.84.